The van der Waals surface area contributed by atoms with E-state index in [9.17, 15) is 18.0 Å². The van der Waals surface area contributed by atoms with Crippen molar-refractivity contribution in [2.24, 2.45) is 0 Å². The Balaban J connectivity index is 2.07. The van der Waals surface area contributed by atoms with Crippen molar-refractivity contribution in [3.8, 4) is 0 Å². The van der Waals surface area contributed by atoms with Crippen molar-refractivity contribution in [3.05, 3.63) is 60.2 Å². The summed E-state index contributed by atoms with van der Waals surface area (Å²) in [6.07, 6.45) is 0.0681. The summed E-state index contributed by atoms with van der Waals surface area (Å²) < 4.78 is 23.6. The first-order chi connectivity index (χ1) is 12.3. The van der Waals surface area contributed by atoms with Crippen molar-refractivity contribution < 1.29 is 18.0 Å². The van der Waals surface area contributed by atoms with Crippen LogP contribution >= 0.6 is 0 Å². The molecule has 6 nitrogen and oxygen atoms in total. The molecule has 2 rings (SSSR count). The molecule has 1 atom stereocenters. The fourth-order valence-corrected chi connectivity index (χ4v) is 3.38. The summed E-state index contributed by atoms with van der Waals surface area (Å²) in [6.45, 7) is 2.98. The summed E-state index contributed by atoms with van der Waals surface area (Å²) in [5, 5.41) is 5.50. The zero-order valence-electron chi connectivity index (χ0n) is 14.7. The number of carbonyl (C=O) groups is 2. The number of benzene rings is 2. The Hall–Kier alpha value is -2.67. The number of sulfone groups is 1. The van der Waals surface area contributed by atoms with E-state index in [1.807, 2.05) is 30.3 Å². The quantitative estimate of drug-likeness (QED) is 0.779. The predicted molar refractivity (Wildman–Crippen MR) is 100 cm³/mol. The number of hydrogen-bond donors (Lipinski definition) is 2. The first kappa shape index (κ1) is 19.7. The van der Waals surface area contributed by atoms with Crippen LogP contribution in [0.2, 0.25) is 0 Å². The van der Waals surface area contributed by atoms with Gasteiger partial charge >= 0.3 is 0 Å². The highest BCUT2D eigenvalue weighted by Gasteiger charge is 2.17. The van der Waals surface area contributed by atoms with Gasteiger partial charge in [0.2, 0.25) is 11.8 Å². The summed E-state index contributed by atoms with van der Waals surface area (Å²) in [5.41, 5.74) is 1.34. The second-order valence-electron chi connectivity index (χ2n) is 5.84. The highest BCUT2D eigenvalue weighted by molar-refractivity contribution is 7.91. The van der Waals surface area contributed by atoms with Gasteiger partial charge in [-0.1, -0.05) is 37.3 Å². The van der Waals surface area contributed by atoms with Gasteiger partial charge in [-0.15, -0.1) is 0 Å². The highest BCUT2D eigenvalue weighted by Crippen LogP contribution is 2.19. The first-order valence-corrected chi connectivity index (χ1v) is 9.91. The zero-order chi connectivity index (χ0) is 19.2. The van der Waals surface area contributed by atoms with Crippen LogP contribution in [-0.2, 0) is 19.4 Å². The van der Waals surface area contributed by atoms with Crippen LogP contribution in [0.25, 0.3) is 0 Å². The van der Waals surface area contributed by atoms with Gasteiger partial charge in [-0.05, 0) is 29.8 Å². The molecule has 0 unspecified atom stereocenters. The van der Waals surface area contributed by atoms with E-state index in [0.29, 0.717) is 5.69 Å². The molecule has 0 radical (unpaired) electrons. The van der Waals surface area contributed by atoms with Crippen LogP contribution in [0.4, 0.5) is 5.69 Å². The maximum absolute atomic E-state index is 12.3. The minimum absolute atomic E-state index is 0.0220. The van der Waals surface area contributed by atoms with Gasteiger partial charge in [0.1, 0.15) is 0 Å². The lowest BCUT2D eigenvalue weighted by Crippen LogP contribution is -2.29. The van der Waals surface area contributed by atoms with Crippen molar-refractivity contribution in [1.29, 1.82) is 0 Å². The highest BCUT2D eigenvalue weighted by atomic mass is 32.2. The molecule has 7 heteroatoms. The third-order valence-electron chi connectivity index (χ3n) is 3.85. The van der Waals surface area contributed by atoms with E-state index in [0.717, 1.165) is 5.56 Å². The van der Waals surface area contributed by atoms with Crippen LogP contribution in [0.3, 0.4) is 0 Å². The van der Waals surface area contributed by atoms with Gasteiger partial charge in [0.25, 0.3) is 0 Å². The zero-order valence-corrected chi connectivity index (χ0v) is 15.5. The number of nitrogens with one attached hydrogen (secondary N) is 2. The number of hydrogen-bond acceptors (Lipinski definition) is 4. The number of carbonyl (C=O) groups excluding carboxylic acids is 2. The van der Waals surface area contributed by atoms with E-state index in [2.05, 4.69) is 10.6 Å². The van der Waals surface area contributed by atoms with E-state index < -0.39 is 15.9 Å². The average Bonchev–Trinajstić information content (AvgIpc) is 2.62. The van der Waals surface area contributed by atoms with Crippen LogP contribution in [0.1, 0.15) is 31.9 Å². The Kier molecular flexibility index (Phi) is 6.52. The maximum Gasteiger partial charge on any atom is 0.226 e. The van der Waals surface area contributed by atoms with E-state index >= 15 is 0 Å². The van der Waals surface area contributed by atoms with Gasteiger partial charge in [-0.3, -0.25) is 9.59 Å². The van der Waals surface area contributed by atoms with Gasteiger partial charge in [-0.25, -0.2) is 8.42 Å². The van der Waals surface area contributed by atoms with E-state index in [1.165, 1.54) is 19.1 Å². The van der Waals surface area contributed by atoms with Gasteiger partial charge in [-0.2, -0.15) is 0 Å². The number of anilines is 1. The number of rotatable bonds is 7. The lowest BCUT2D eigenvalue weighted by molar-refractivity contribution is -0.120. The predicted octanol–water partition coefficient (Wildman–Crippen LogP) is 2.69. The van der Waals surface area contributed by atoms with Crippen molar-refractivity contribution in [1.82, 2.24) is 5.32 Å². The molecular formula is C19H22N2O4S. The third kappa shape index (κ3) is 5.42. The van der Waals surface area contributed by atoms with Crippen LogP contribution in [-0.4, -0.2) is 26.0 Å². The molecule has 26 heavy (non-hydrogen) atoms. The van der Waals surface area contributed by atoms with Gasteiger partial charge in [0.05, 0.1) is 23.1 Å². The van der Waals surface area contributed by atoms with Crippen LogP contribution in [0.5, 0.6) is 0 Å². The molecule has 138 valence electrons. The molecule has 0 spiro atoms. The van der Waals surface area contributed by atoms with E-state index in [-0.39, 0.29) is 28.9 Å². The second kappa shape index (κ2) is 8.62. The summed E-state index contributed by atoms with van der Waals surface area (Å²) in [4.78, 5) is 24.0. The van der Waals surface area contributed by atoms with Crippen LogP contribution in [0, 0.1) is 0 Å². The largest absolute Gasteiger partial charge is 0.349 e. The fourth-order valence-electron chi connectivity index (χ4n) is 2.49. The minimum atomic E-state index is -3.27. The third-order valence-corrected chi connectivity index (χ3v) is 5.60. The van der Waals surface area contributed by atoms with Gasteiger partial charge in [0, 0.05) is 12.6 Å². The van der Waals surface area contributed by atoms with Crippen LogP contribution in [0.15, 0.2) is 59.5 Å². The molecule has 0 saturated heterocycles. The van der Waals surface area contributed by atoms with Crippen molar-refractivity contribution in [2.75, 3.05) is 11.1 Å². The molecule has 0 fully saturated rings. The molecular weight excluding hydrogens is 352 g/mol. The number of amides is 2. The molecule has 0 aliphatic rings. The van der Waals surface area contributed by atoms with Crippen LogP contribution < -0.4 is 10.6 Å². The standard InChI is InChI=1S/C19H22N2O4S/c1-3-26(24,25)17-11-9-16(10-12-17)21-19(23)13-18(20-14(2)22)15-7-5-4-6-8-15/h4-12,18H,3,13H2,1-2H3,(H,20,22)(H,21,23)/t18-/m1/s1. The van der Waals surface area contributed by atoms with Crippen molar-refractivity contribution in [2.45, 2.75) is 31.2 Å². The van der Waals surface area contributed by atoms with E-state index in [4.69, 9.17) is 0 Å². The fraction of sp³-hybridized carbons (Fsp3) is 0.263. The maximum atomic E-state index is 12.3. The summed E-state index contributed by atoms with van der Waals surface area (Å²) in [7, 11) is -3.27. The molecule has 0 aliphatic carbocycles. The SMILES string of the molecule is CCS(=O)(=O)c1ccc(NC(=O)C[C@@H](NC(C)=O)c2ccccc2)cc1. The Morgan fingerprint density at radius 3 is 2.15 bits per heavy atom. The second-order valence-corrected chi connectivity index (χ2v) is 8.12. The minimum Gasteiger partial charge on any atom is -0.349 e. The lowest BCUT2D eigenvalue weighted by atomic mass is 10.0. The Labute approximate surface area is 153 Å². The topological polar surface area (TPSA) is 92.3 Å². The molecule has 0 bridgehead atoms. The Bertz CT molecular complexity index is 862. The molecule has 0 aliphatic heterocycles. The Morgan fingerprint density at radius 2 is 1.62 bits per heavy atom. The Morgan fingerprint density at radius 1 is 1.00 bits per heavy atom. The monoisotopic (exact) mass is 374 g/mol. The first-order valence-electron chi connectivity index (χ1n) is 8.26. The summed E-state index contributed by atoms with van der Waals surface area (Å²) >= 11 is 0. The van der Waals surface area contributed by atoms with E-state index in [1.54, 1.807) is 19.1 Å². The van der Waals surface area contributed by atoms with Gasteiger partial charge in [0.15, 0.2) is 9.84 Å². The molecule has 0 heterocycles. The lowest BCUT2D eigenvalue weighted by Gasteiger charge is -2.18. The van der Waals surface area contributed by atoms with Crippen molar-refractivity contribution in [3.63, 3.8) is 0 Å². The normalized spacial score (nSPS) is 12.2. The molecule has 2 aromatic rings. The smallest absolute Gasteiger partial charge is 0.226 e. The average molecular weight is 374 g/mol. The van der Waals surface area contributed by atoms with Gasteiger partial charge < -0.3 is 10.6 Å². The molecule has 2 aromatic carbocycles. The molecule has 2 N–H and O–H groups in total. The molecule has 0 aromatic heterocycles. The molecule has 0 saturated carbocycles. The molecule has 2 amide bonds. The summed E-state index contributed by atoms with van der Waals surface area (Å²) in [5.74, 6) is -0.478. The summed E-state index contributed by atoms with van der Waals surface area (Å²) in [6, 6.07) is 14.8. The van der Waals surface area contributed by atoms with Crippen molar-refractivity contribution >= 4 is 27.3 Å².